The quantitative estimate of drug-likeness (QED) is 0.905. The molecule has 4 heteroatoms. The second-order valence-electron chi connectivity index (χ2n) is 6.42. The fourth-order valence-corrected chi connectivity index (χ4v) is 2.38. The van der Waals surface area contributed by atoms with E-state index in [1.54, 1.807) is 0 Å². The molecule has 0 radical (unpaired) electrons. The summed E-state index contributed by atoms with van der Waals surface area (Å²) in [4.78, 5) is 11.3. The number of anilines is 1. The fourth-order valence-electron chi connectivity index (χ4n) is 2.38. The van der Waals surface area contributed by atoms with Crippen LogP contribution >= 0.6 is 0 Å². The molecule has 0 aromatic carbocycles. The van der Waals surface area contributed by atoms with Gasteiger partial charge in [-0.1, -0.05) is 20.8 Å². The Kier molecular flexibility index (Phi) is 4.40. The highest BCUT2D eigenvalue weighted by Crippen LogP contribution is 2.30. The summed E-state index contributed by atoms with van der Waals surface area (Å²) in [5, 5.41) is 0. The molecule has 0 spiro atoms. The minimum atomic E-state index is 0.213. The van der Waals surface area contributed by atoms with Crippen molar-refractivity contribution in [3.63, 3.8) is 0 Å². The molecule has 1 aliphatic heterocycles. The molecule has 1 aliphatic rings. The van der Waals surface area contributed by atoms with Gasteiger partial charge in [0, 0.05) is 31.5 Å². The number of aromatic nitrogens is 2. The van der Waals surface area contributed by atoms with Gasteiger partial charge in [0.25, 0.3) is 0 Å². The first-order valence-corrected chi connectivity index (χ1v) is 7.31. The van der Waals surface area contributed by atoms with Crippen LogP contribution in [0.2, 0.25) is 0 Å². The molecule has 1 fully saturated rings. The van der Waals surface area contributed by atoms with Gasteiger partial charge >= 0.3 is 0 Å². The smallest absolute Gasteiger partial charge is 0.225 e. The largest absolute Gasteiger partial charge is 0.341 e. The Balaban J connectivity index is 1.95. The first-order valence-electron chi connectivity index (χ1n) is 7.31. The first kappa shape index (κ1) is 14.3. The van der Waals surface area contributed by atoms with E-state index in [1.807, 2.05) is 12.4 Å². The Bertz CT molecular complexity index is 389. The topological polar surface area (TPSA) is 55.0 Å². The van der Waals surface area contributed by atoms with Crippen LogP contribution in [-0.2, 0) is 6.42 Å². The molecular weight excluding hydrogens is 236 g/mol. The van der Waals surface area contributed by atoms with Gasteiger partial charge in [0.1, 0.15) is 0 Å². The van der Waals surface area contributed by atoms with Crippen molar-refractivity contribution in [2.75, 3.05) is 18.0 Å². The van der Waals surface area contributed by atoms with E-state index in [-0.39, 0.29) is 6.04 Å². The highest BCUT2D eigenvalue weighted by Gasteiger charge is 2.26. The van der Waals surface area contributed by atoms with Crippen LogP contribution in [0.5, 0.6) is 0 Å². The normalized spacial score (nSPS) is 20.3. The highest BCUT2D eigenvalue weighted by molar-refractivity contribution is 5.30. The molecule has 2 heterocycles. The fraction of sp³-hybridized carbons (Fsp3) is 0.733. The summed E-state index contributed by atoms with van der Waals surface area (Å²) >= 11 is 0. The number of nitrogens with zero attached hydrogens (tertiary/aromatic N) is 3. The SMILES string of the molecule is CCC(N)Cc1cnc(N2CCC(C)(C)CC2)nc1. The van der Waals surface area contributed by atoms with Crippen molar-refractivity contribution < 1.29 is 0 Å². The number of rotatable bonds is 4. The van der Waals surface area contributed by atoms with E-state index in [1.165, 1.54) is 12.8 Å². The monoisotopic (exact) mass is 262 g/mol. The van der Waals surface area contributed by atoms with Crippen LogP contribution < -0.4 is 10.6 Å². The van der Waals surface area contributed by atoms with Gasteiger partial charge in [0.2, 0.25) is 5.95 Å². The summed E-state index contributed by atoms with van der Waals surface area (Å²) in [6.45, 7) is 8.89. The second kappa shape index (κ2) is 5.87. The van der Waals surface area contributed by atoms with E-state index in [4.69, 9.17) is 5.73 Å². The third-order valence-corrected chi connectivity index (χ3v) is 4.11. The van der Waals surface area contributed by atoms with Crippen LogP contribution in [0.3, 0.4) is 0 Å². The Hall–Kier alpha value is -1.16. The van der Waals surface area contributed by atoms with Gasteiger partial charge in [-0.3, -0.25) is 0 Å². The summed E-state index contributed by atoms with van der Waals surface area (Å²) in [5.41, 5.74) is 7.55. The number of piperidine rings is 1. The summed E-state index contributed by atoms with van der Waals surface area (Å²) < 4.78 is 0. The van der Waals surface area contributed by atoms with Gasteiger partial charge in [-0.15, -0.1) is 0 Å². The van der Waals surface area contributed by atoms with Crippen molar-refractivity contribution >= 4 is 5.95 Å². The summed E-state index contributed by atoms with van der Waals surface area (Å²) in [7, 11) is 0. The maximum Gasteiger partial charge on any atom is 0.225 e. The van der Waals surface area contributed by atoms with Crippen molar-refractivity contribution in [1.29, 1.82) is 0 Å². The van der Waals surface area contributed by atoms with Crippen molar-refractivity contribution in [3.05, 3.63) is 18.0 Å². The standard InChI is InChI=1S/C15H26N4/c1-4-13(16)9-12-10-17-14(18-11-12)19-7-5-15(2,3)6-8-19/h10-11,13H,4-9,16H2,1-3H3. The Labute approximate surface area is 116 Å². The molecule has 1 unspecified atom stereocenters. The lowest BCUT2D eigenvalue weighted by atomic mass is 9.83. The molecule has 1 aromatic rings. The lowest BCUT2D eigenvalue weighted by Gasteiger charge is -2.36. The van der Waals surface area contributed by atoms with Crippen LogP contribution in [0.25, 0.3) is 0 Å². The second-order valence-corrected chi connectivity index (χ2v) is 6.42. The molecule has 1 atom stereocenters. The van der Waals surface area contributed by atoms with Crippen LogP contribution in [0.1, 0.15) is 45.6 Å². The van der Waals surface area contributed by atoms with Crippen molar-refractivity contribution in [2.45, 2.75) is 52.5 Å². The van der Waals surface area contributed by atoms with Gasteiger partial charge in [-0.05, 0) is 36.7 Å². The minimum absolute atomic E-state index is 0.213. The van der Waals surface area contributed by atoms with Crippen LogP contribution in [-0.4, -0.2) is 29.1 Å². The molecule has 0 amide bonds. The zero-order chi connectivity index (χ0) is 13.9. The van der Waals surface area contributed by atoms with E-state index < -0.39 is 0 Å². The van der Waals surface area contributed by atoms with Gasteiger partial charge in [-0.25, -0.2) is 9.97 Å². The Morgan fingerprint density at radius 1 is 1.26 bits per heavy atom. The van der Waals surface area contributed by atoms with Gasteiger partial charge in [0.15, 0.2) is 0 Å². The predicted molar refractivity (Wildman–Crippen MR) is 79.2 cm³/mol. The maximum absolute atomic E-state index is 5.95. The third kappa shape index (κ3) is 3.90. The summed E-state index contributed by atoms with van der Waals surface area (Å²) in [5.74, 6) is 0.865. The minimum Gasteiger partial charge on any atom is -0.341 e. The molecule has 19 heavy (non-hydrogen) atoms. The molecule has 2 N–H and O–H groups in total. The van der Waals surface area contributed by atoms with E-state index >= 15 is 0 Å². The molecule has 2 rings (SSSR count). The molecule has 0 saturated carbocycles. The number of hydrogen-bond donors (Lipinski definition) is 1. The van der Waals surface area contributed by atoms with Crippen molar-refractivity contribution in [2.24, 2.45) is 11.1 Å². The summed E-state index contributed by atoms with van der Waals surface area (Å²) in [6.07, 6.45) is 8.12. The van der Waals surface area contributed by atoms with Crippen molar-refractivity contribution in [3.8, 4) is 0 Å². The number of hydrogen-bond acceptors (Lipinski definition) is 4. The van der Waals surface area contributed by atoms with Crippen molar-refractivity contribution in [1.82, 2.24) is 9.97 Å². The zero-order valence-corrected chi connectivity index (χ0v) is 12.4. The average Bonchev–Trinajstić information content (AvgIpc) is 2.40. The van der Waals surface area contributed by atoms with Crippen LogP contribution in [0, 0.1) is 5.41 Å². The molecule has 0 bridgehead atoms. The lowest BCUT2D eigenvalue weighted by molar-refractivity contribution is 0.278. The lowest BCUT2D eigenvalue weighted by Crippen LogP contribution is -2.38. The van der Waals surface area contributed by atoms with E-state index in [2.05, 4.69) is 35.6 Å². The third-order valence-electron chi connectivity index (χ3n) is 4.11. The first-order chi connectivity index (χ1) is 9.00. The number of nitrogens with two attached hydrogens (primary N) is 1. The molecule has 0 aliphatic carbocycles. The van der Waals surface area contributed by atoms with Gasteiger partial charge < -0.3 is 10.6 Å². The Morgan fingerprint density at radius 2 is 1.84 bits per heavy atom. The highest BCUT2D eigenvalue weighted by atomic mass is 15.2. The van der Waals surface area contributed by atoms with Crippen LogP contribution in [0.15, 0.2) is 12.4 Å². The predicted octanol–water partition coefficient (Wildman–Crippen LogP) is 2.38. The Morgan fingerprint density at radius 3 is 2.37 bits per heavy atom. The molecular formula is C15H26N4. The average molecular weight is 262 g/mol. The van der Waals surface area contributed by atoms with E-state index in [0.717, 1.165) is 37.4 Å². The van der Waals surface area contributed by atoms with Crippen LogP contribution in [0.4, 0.5) is 5.95 Å². The molecule has 4 nitrogen and oxygen atoms in total. The molecule has 106 valence electrons. The maximum atomic E-state index is 5.95. The van der Waals surface area contributed by atoms with Gasteiger partial charge in [-0.2, -0.15) is 0 Å². The summed E-state index contributed by atoms with van der Waals surface area (Å²) in [6, 6.07) is 0.213. The molecule has 1 saturated heterocycles. The van der Waals surface area contributed by atoms with Gasteiger partial charge in [0.05, 0.1) is 0 Å². The molecule has 1 aromatic heterocycles. The van der Waals surface area contributed by atoms with E-state index in [0.29, 0.717) is 5.41 Å². The van der Waals surface area contributed by atoms with E-state index in [9.17, 15) is 0 Å². The zero-order valence-electron chi connectivity index (χ0n) is 12.4.